The van der Waals surface area contributed by atoms with Crippen molar-refractivity contribution in [3.05, 3.63) is 104 Å². The molecule has 2 heterocycles. The second kappa shape index (κ2) is 11.9. The predicted molar refractivity (Wildman–Crippen MR) is 165 cm³/mol. The van der Waals surface area contributed by atoms with E-state index in [9.17, 15) is 9.59 Å². The average Bonchev–Trinajstić information content (AvgIpc) is 3.39. The lowest BCUT2D eigenvalue weighted by Crippen LogP contribution is -2.28. The number of carbonyl (C=O) groups excluding carboxylic acids is 2. The molecule has 5 rings (SSSR count). The van der Waals surface area contributed by atoms with Gasteiger partial charge in [0.25, 0.3) is 5.91 Å². The number of ether oxygens (including phenoxy) is 1. The van der Waals surface area contributed by atoms with E-state index in [-0.39, 0.29) is 5.91 Å². The molecule has 0 spiro atoms. The van der Waals surface area contributed by atoms with Crippen LogP contribution in [0.5, 0.6) is 0 Å². The van der Waals surface area contributed by atoms with Gasteiger partial charge in [0.15, 0.2) is 5.17 Å². The summed E-state index contributed by atoms with van der Waals surface area (Å²) in [6.45, 7) is 7.11. The largest absolute Gasteiger partial charge is 0.462 e. The van der Waals surface area contributed by atoms with Crippen molar-refractivity contribution in [3.8, 4) is 0 Å². The molecule has 0 atom stereocenters. The standard InChI is InChI=1S/C31H27Cl2N3O3S/c1-4-35-29(37)28(40-31(35)34-22-10-8-9-21(16-22)30(38)39-5-2)17-24-19(3)36(27-12-7-6-11-23(24)27)18-20-13-14-25(32)26(33)15-20/h6-17H,4-5,18H2,1-3H3. The average molecular weight is 593 g/mol. The zero-order valence-corrected chi connectivity index (χ0v) is 24.6. The zero-order valence-electron chi connectivity index (χ0n) is 22.3. The van der Waals surface area contributed by atoms with Gasteiger partial charge >= 0.3 is 5.97 Å². The summed E-state index contributed by atoms with van der Waals surface area (Å²) >= 11 is 13.7. The Balaban J connectivity index is 1.52. The summed E-state index contributed by atoms with van der Waals surface area (Å²) in [6, 6.07) is 20.7. The van der Waals surface area contributed by atoms with Crippen LogP contribution in [0.3, 0.4) is 0 Å². The number of amides is 1. The van der Waals surface area contributed by atoms with Gasteiger partial charge in [-0.25, -0.2) is 9.79 Å². The number of aliphatic imine (C=N–C) groups is 1. The van der Waals surface area contributed by atoms with E-state index in [1.54, 1.807) is 42.2 Å². The molecule has 1 aliphatic rings. The Morgan fingerprint density at radius 3 is 2.58 bits per heavy atom. The molecule has 6 nitrogen and oxygen atoms in total. The van der Waals surface area contributed by atoms with Gasteiger partial charge in [0.05, 0.1) is 32.8 Å². The molecule has 40 heavy (non-hydrogen) atoms. The Hall–Kier alpha value is -3.52. The zero-order chi connectivity index (χ0) is 28.4. The Morgan fingerprint density at radius 1 is 1.02 bits per heavy atom. The monoisotopic (exact) mass is 591 g/mol. The minimum Gasteiger partial charge on any atom is -0.462 e. The second-order valence-corrected chi connectivity index (χ2v) is 11.0. The highest BCUT2D eigenvalue weighted by Crippen LogP contribution is 2.37. The number of para-hydroxylation sites is 1. The lowest BCUT2D eigenvalue weighted by molar-refractivity contribution is -0.122. The molecule has 1 fully saturated rings. The van der Waals surface area contributed by atoms with Crippen LogP contribution in [0.2, 0.25) is 10.0 Å². The van der Waals surface area contributed by atoms with E-state index in [4.69, 9.17) is 32.9 Å². The maximum Gasteiger partial charge on any atom is 0.338 e. The number of carbonyl (C=O) groups is 2. The number of rotatable bonds is 7. The number of halogens is 2. The molecular formula is C31H27Cl2N3O3S. The molecule has 4 aromatic rings. The summed E-state index contributed by atoms with van der Waals surface area (Å²) in [7, 11) is 0. The molecule has 0 unspecified atom stereocenters. The van der Waals surface area contributed by atoms with Crippen LogP contribution in [0, 0.1) is 6.92 Å². The van der Waals surface area contributed by atoms with Crippen LogP contribution in [-0.2, 0) is 16.1 Å². The van der Waals surface area contributed by atoms with Gasteiger partial charge in [-0.3, -0.25) is 9.69 Å². The summed E-state index contributed by atoms with van der Waals surface area (Å²) in [5.41, 5.74) is 5.10. The summed E-state index contributed by atoms with van der Waals surface area (Å²) < 4.78 is 7.33. The lowest BCUT2D eigenvalue weighted by atomic mass is 10.1. The number of nitrogens with zero attached hydrogens (tertiary/aromatic N) is 3. The number of fused-ring (bicyclic) bond motifs is 1. The fourth-order valence-electron chi connectivity index (χ4n) is 4.69. The van der Waals surface area contributed by atoms with E-state index < -0.39 is 5.97 Å². The number of hydrogen-bond donors (Lipinski definition) is 0. The maximum atomic E-state index is 13.5. The van der Waals surface area contributed by atoms with Gasteiger partial charge in [-0.15, -0.1) is 0 Å². The van der Waals surface area contributed by atoms with E-state index in [1.165, 1.54) is 11.8 Å². The minimum absolute atomic E-state index is 0.103. The molecule has 0 aliphatic carbocycles. The highest BCUT2D eigenvalue weighted by atomic mass is 35.5. The molecule has 1 aromatic heterocycles. The van der Waals surface area contributed by atoms with Crippen LogP contribution in [0.1, 0.15) is 41.0 Å². The molecular weight excluding hydrogens is 565 g/mol. The van der Waals surface area contributed by atoms with E-state index >= 15 is 0 Å². The number of amidine groups is 1. The van der Waals surface area contributed by atoms with Gasteiger partial charge in [-0.1, -0.05) is 53.5 Å². The molecule has 1 amide bonds. The molecule has 0 N–H and O–H groups in total. The van der Waals surface area contributed by atoms with Crippen LogP contribution < -0.4 is 0 Å². The summed E-state index contributed by atoms with van der Waals surface area (Å²) in [5.74, 6) is -0.506. The highest BCUT2D eigenvalue weighted by molar-refractivity contribution is 8.18. The third-order valence-corrected chi connectivity index (χ3v) is 8.41. The van der Waals surface area contributed by atoms with Gasteiger partial charge < -0.3 is 9.30 Å². The Bertz CT molecular complexity index is 1690. The molecule has 0 saturated carbocycles. The van der Waals surface area contributed by atoms with Gasteiger partial charge in [-0.05, 0) is 80.6 Å². The predicted octanol–water partition coefficient (Wildman–Crippen LogP) is 8.11. The van der Waals surface area contributed by atoms with E-state index in [0.29, 0.717) is 51.1 Å². The van der Waals surface area contributed by atoms with Crippen LogP contribution in [0.15, 0.2) is 76.6 Å². The van der Waals surface area contributed by atoms with Crippen LogP contribution in [0.25, 0.3) is 17.0 Å². The van der Waals surface area contributed by atoms with Crippen molar-refractivity contribution in [1.82, 2.24) is 9.47 Å². The Kier molecular flexibility index (Phi) is 8.35. The van der Waals surface area contributed by atoms with E-state index in [2.05, 4.69) is 23.6 Å². The molecule has 1 saturated heterocycles. The van der Waals surface area contributed by atoms with E-state index in [1.807, 2.05) is 37.3 Å². The fraction of sp³-hybridized carbons (Fsp3) is 0.194. The summed E-state index contributed by atoms with van der Waals surface area (Å²) in [5, 5.41) is 2.66. The van der Waals surface area contributed by atoms with Crippen molar-refractivity contribution < 1.29 is 14.3 Å². The normalized spacial score (nSPS) is 15.5. The molecule has 0 bridgehead atoms. The van der Waals surface area contributed by atoms with E-state index in [0.717, 1.165) is 27.7 Å². The van der Waals surface area contributed by atoms with Gasteiger partial charge in [-0.2, -0.15) is 0 Å². The Labute approximate surface area is 247 Å². The van der Waals surface area contributed by atoms with Crippen LogP contribution in [0.4, 0.5) is 5.69 Å². The fourth-order valence-corrected chi connectivity index (χ4v) is 6.06. The number of esters is 1. The first-order valence-corrected chi connectivity index (χ1v) is 14.5. The molecule has 3 aromatic carbocycles. The topological polar surface area (TPSA) is 63.9 Å². The van der Waals surface area contributed by atoms with Crippen LogP contribution >= 0.6 is 35.0 Å². The number of aromatic nitrogens is 1. The number of likely N-dealkylation sites (N-methyl/N-ethyl adjacent to an activating group) is 1. The number of thioether (sulfide) groups is 1. The smallest absolute Gasteiger partial charge is 0.338 e. The van der Waals surface area contributed by atoms with Gasteiger partial charge in [0.1, 0.15) is 0 Å². The molecule has 9 heteroatoms. The molecule has 204 valence electrons. The first-order valence-electron chi connectivity index (χ1n) is 12.9. The van der Waals surface area contributed by atoms with Crippen LogP contribution in [-0.4, -0.2) is 39.7 Å². The van der Waals surface area contributed by atoms with Gasteiger partial charge in [0, 0.05) is 35.2 Å². The maximum absolute atomic E-state index is 13.5. The number of benzene rings is 3. The van der Waals surface area contributed by atoms with Crippen molar-refractivity contribution >= 4 is 74.7 Å². The first-order chi connectivity index (χ1) is 19.3. The third kappa shape index (κ3) is 5.55. The summed E-state index contributed by atoms with van der Waals surface area (Å²) in [6.07, 6.45) is 1.95. The second-order valence-electron chi connectivity index (χ2n) is 9.18. The van der Waals surface area contributed by atoms with Crippen molar-refractivity contribution in [3.63, 3.8) is 0 Å². The van der Waals surface area contributed by atoms with Crippen molar-refractivity contribution in [1.29, 1.82) is 0 Å². The molecule has 1 aliphatic heterocycles. The third-order valence-electron chi connectivity index (χ3n) is 6.67. The lowest BCUT2D eigenvalue weighted by Gasteiger charge is -2.12. The first kappa shape index (κ1) is 28.0. The van der Waals surface area contributed by atoms with Gasteiger partial charge in [0.2, 0.25) is 0 Å². The van der Waals surface area contributed by atoms with Crippen molar-refractivity contribution in [2.24, 2.45) is 4.99 Å². The number of hydrogen-bond acceptors (Lipinski definition) is 5. The quantitative estimate of drug-likeness (QED) is 0.161. The summed E-state index contributed by atoms with van der Waals surface area (Å²) in [4.78, 5) is 32.6. The molecule has 0 radical (unpaired) electrons. The van der Waals surface area contributed by atoms with Crippen molar-refractivity contribution in [2.45, 2.75) is 27.3 Å². The van der Waals surface area contributed by atoms with Crippen molar-refractivity contribution in [2.75, 3.05) is 13.2 Å². The SMILES string of the molecule is CCOC(=O)c1cccc(N=C2SC(=Cc3c(C)n(Cc4ccc(Cl)c(Cl)c4)c4ccccc34)C(=O)N2CC)c1. The Morgan fingerprint density at radius 2 is 1.82 bits per heavy atom. The minimum atomic E-state index is -0.402. The highest BCUT2D eigenvalue weighted by Gasteiger charge is 2.33.